The number of carbonyl (C=O) groups excluding carboxylic acids is 1. The second kappa shape index (κ2) is 7.06. The van der Waals surface area contributed by atoms with Gasteiger partial charge in [-0.05, 0) is 64.2 Å². The molecule has 1 atom stereocenters. The zero-order valence-electron chi connectivity index (χ0n) is 16.9. The molecule has 3 heteroatoms. The van der Waals surface area contributed by atoms with Crippen LogP contribution in [-0.2, 0) is 19.9 Å². The van der Waals surface area contributed by atoms with Crippen LogP contribution in [0.5, 0.6) is 0 Å². The van der Waals surface area contributed by atoms with Crippen LogP contribution in [0.25, 0.3) is 32.3 Å². The first-order valence-corrected chi connectivity index (χ1v) is 9.90. The predicted molar refractivity (Wildman–Crippen MR) is 115 cm³/mol. The van der Waals surface area contributed by atoms with Crippen molar-refractivity contribution in [3.8, 4) is 0 Å². The van der Waals surface area contributed by atoms with Crippen molar-refractivity contribution in [2.24, 2.45) is 5.92 Å². The second-order valence-electron chi connectivity index (χ2n) is 8.02. The van der Waals surface area contributed by atoms with Gasteiger partial charge in [-0.2, -0.15) is 0 Å². The molecule has 0 heterocycles. The van der Waals surface area contributed by atoms with Gasteiger partial charge in [-0.1, -0.05) is 62.4 Å². The first kappa shape index (κ1) is 18.7. The Morgan fingerprint density at radius 2 is 1.61 bits per heavy atom. The Balaban J connectivity index is 1.76. The van der Waals surface area contributed by atoms with Gasteiger partial charge < -0.3 is 9.47 Å². The molecule has 0 saturated carbocycles. The smallest absolute Gasteiger partial charge is 0.310 e. The van der Waals surface area contributed by atoms with Gasteiger partial charge in [-0.15, -0.1) is 0 Å². The van der Waals surface area contributed by atoms with E-state index in [4.69, 9.17) is 9.47 Å². The second-order valence-corrected chi connectivity index (χ2v) is 8.02. The summed E-state index contributed by atoms with van der Waals surface area (Å²) >= 11 is 0. The van der Waals surface area contributed by atoms with Gasteiger partial charge >= 0.3 is 5.97 Å². The van der Waals surface area contributed by atoms with Crippen molar-refractivity contribution in [2.45, 2.75) is 39.7 Å². The molecule has 0 aliphatic heterocycles. The fourth-order valence-corrected chi connectivity index (χ4v) is 3.88. The van der Waals surface area contributed by atoms with E-state index in [2.05, 4.69) is 54.6 Å². The van der Waals surface area contributed by atoms with E-state index >= 15 is 0 Å². The third kappa shape index (κ3) is 3.10. The Bertz CT molecular complexity index is 1140. The van der Waals surface area contributed by atoms with Crippen molar-refractivity contribution in [3.63, 3.8) is 0 Å². The minimum atomic E-state index is -0.598. The molecule has 0 aliphatic carbocycles. The van der Waals surface area contributed by atoms with Gasteiger partial charge in [-0.25, -0.2) is 0 Å². The Labute approximate surface area is 165 Å². The summed E-state index contributed by atoms with van der Waals surface area (Å²) in [6.45, 7) is 7.86. The fourth-order valence-electron chi connectivity index (χ4n) is 3.88. The Kier molecular flexibility index (Phi) is 4.72. The normalized spacial score (nSPS) is 13.4. The molecular formula is C25H26O3. The number of benzene rings is 4. The van der Waals surface area contributed by atoms with Crippen LogP contribution in [0.15, 0.2) is 54.6 Å². The maximum absolute atomic E-state index is 12.0. The van der Waals surface area contributed by atoms with Gasteiger partial charge in [0.1, 0.15) is 0 Å². The largest absolute Gasteiger partial charge is 0.438 e. The molecule has 1 unspecified atom stereocenters. The van der Waals surface area contributed by atoms with E-state index in [1.54, 1.807) is 0 Å². The lowest BCUT2D eigenvalue weighted by Gasteiger charge is -2.28. The molecule has 0 spiro atoms. The van der Waals surface area contributed by atoms with Crippen molar-refractivity contribution in [2.75, 3.05) is 6.79 Å². The zero-order valence-corrected chi connectivity index (χ0v) is 16.9. The van der Waals surface area contributed by atoms with Gasteiger partial charge in [0.05, 0.1) is 11.5 Å². The van der Waals surface area contributed by atoms with E-state index in [0.29, 0.717) is 0 Å². The molecule has 4 rings (SSSR count). The number of rotatable bonds is 6. The lowest BCUT2D eigenvalue weighted by molar-refractivity contribution is -0.174. The highest BCUT2D eigenvalue weighted by Crippen LogP contribution is 2.40. The first-order chi connectivity index (χ1) is 13.4. The standard InChI is InChI=1S/C25H26O3/c1-5-16(2)24(26)27-15-28-25(3,4)21-14-19-10-6-8-17-12-13-18-9-7-11-20(21)23(18)22(17)19/h6-14,16H,5,15H2,1-4H3. The van der Waals surface area contributed by atoms with Crippen molar-refractivity contribution in [3.05, 3.63) is 60.2 Å². The summed E-state index contributed by atoms with van der Waals surface area (Å²) in [4.78, 5) is 12.0. The first-order valence-electron chi connectivity index (χ1n) is 9.90. The Hall–Kier alpha value is -2.65. The molecule has 0 radical (unpaired) electrons. The molecular weight excluding hydrogens is 348 g/mol. The molecule has 0 aromatic heterocycles. The number of hydrogen-bond acceptors (Lipinski definition) is 3. The number of carbonyl (C=O) groups is 1. The lowest BCUT2D eigenvalue weighted by Crippen LogP contribution is -2.26. The molecule has 4 aromatic carbocycles. The molecule has 3 nitrogen and oxygen atoms in total. The maximum Gasteiger partial charge on any atom is 0.310 e. The highest BCUT2D eigenvalue weighted by Gasteiger charge is 2.26. The lowest BCUT2D eigenvalue weighted by atomic mass is 9.86. The van der Waals surface area contributed by atoms with Gasteiger partial charge in [0.25, 0.3) is 0 Å². The van der Waals surface area contributed by atoms with Crippen molar-refractivity contribution < 1.29 is 14.3 Å². The third-order valence-electron chi connectivity index (χ3n) is 5.79. The predicted octanol–water partition coefficient (Wildman–Crippen LogP) is 6.38. The highest BCUT2D eigenvalue weighted by atomic mass is 16.7. The maximum atomic E-state index is 12.0. The van der Waals surface area contributed by atoms with Gasteiger partial charge in [0.2, 0.25) is 0 Å². The highest BCUT2D eigenvalue weighted by molar-refractivity contribution is 6.23. The molecule has 28 heavy (non-hydrogen) atoms. The van der Waals surface area contributed by atoms with Gasteiger partial charge in [0.15, 0.2) is 6.79 Å². The van der Waals surface area contributed by atoms with Gasteiger partial charge in [-0.3, -0.25) is 4.79 Å². The summed E-state index contributed by atoms with van der Waals surface area (Å²) in [5.41, 5.74) is 0.503. The number of esters is 1. The van der Waals surface area contributed by atoms with E-state index in [-0.39, 0.29) is 18.7 Å². The number of hydrogen-bond donors (Lipinski definition) is 0. The van der Waals surface area contributed by atoms with E-state index in [1.807, 2.05) is 27.7 Å². The van der Waals surface area contributed by atoms with Crippen molar-refractivity contribution in [1.29, 1.82) is 0 Å². The average molecular weight is 374 g/mol. The Morgan fingerprint density at radius 1 is 0.964 bits per heavy atom. The van der Waals surface area contributed by atoms with Crippen LogP contribution in [0.1, 0.15) is 39.7 Å². The van der Waals surface area contributed by atoms with Crippen LogP contribution in [0.3, 0.4) is 0 Å². The summed E-state index contributed by atoms with van der Waals surface area (Å²) < 4.78 is 11.4. The minimum Gasteiger partial charge on any atom is -0.438 e. The summed E-state index contributed by atoms with van der Waals surface area (Å²) in [6, 6.07) is 19.4. The van der Waals surface area contributed by atoms with E-state index < -0.39 is 5.60 Å². The average Bonchev–Trinajstić information content (AvgIpc) is 2.70. The van der Waals surface area contributed by atoms with Gasteiger partial charge in [0, 0.05) is 0 Å². The van der Waals surface area contributed by atoms with Crippen LogP contribution in [0.4, 0.5) is 0 Å². The summed E-state index contributed by atoms with van der Waals surface area (Å²) in [5, 5.41) is 7.40. The van der Waals surface area contributed by atoms with Crippen LogP contribution < -0.4 is 0 Å². The SMILES string of the molecule is CCC(C)C(=O)OCOC(C)(C)c1cc2cccc3ccc4cccc1c4c32. The fraction of sp³-hybridized carbons (Fsp3) is 0.320. The van der Waals surface area contributed by atoms with Crippen LogP contribution in [-0.4, -0.2) is 12.8 Å². The quantitative estimate of drug-likeness (QED) is 0.223. The Morgan fingerprint density at radius 3 is 2.32 bits per heavy atom. The van der Waals surface area contributed by atoms with E-state index in [9.17, 15) is 4.79 Å². The number of ether oxygens (including phenoxy) is 2. The molecule has 144 valence electrons. The van der Waals surface area contributed by atoms with Crippen LogP contribution in [0, 0.1) is 5.92 Å². The van der Waals surface area contributed by atoms with Crippen LogP contribution in [0.2, 0.25) is 0 Å². The molecule has 4 aromatic rings. The molecule has 0 amide bonds. The van der Waals surface area contributed by atoms with Crippen molar-refractivity contribution >= 4 is 38.3 Å². The third-order valence-corrected chi connectivity index (χ3v) is 5.79. The summed E-state index contributed by atoms with van der Waals surface area (Å²) in [7, 11) is 0. The molecule has 0 bridgehead atoms. The van der Waals surface area contributed by atoms with E-state index in [1.165, 1.54) is 32.3 Å². The van der Waals surface area contributed by atoms with Crippen LogP contribution >= 0.6 is 0 Å². The summed E-state index contributed by atoms with van der Waals surface area (Å²) in [6.07, 6.45) is 0.760. The van der Waals surface area contributed by atoms with Crippen molar-refractivity contribution in [1.82, 2.24) is 0 Å². The minimum absolute atomic E-state index is 0.0463. The molecule has 0 fully saturated rings. The monoisotopic (exact) mass is 374 g/mol. The topological polar surface area (TPSA) is 35.5 Å². The zero-order chi connectivity index (χ0) is 19.9. The van der Waals surface area contributed by atoms with E-state index in [0.717, 1.165) is 12.0 Å². The molecule has 0 aliphatic rings. The summed E-state index contributed by atoms with van der Waals surface area (Å²) in [5.74, 6) is -0.327. The molecule has 0 saturated heterocycles. The molecule has 0 N–H and O–H groups in total.